The molecule has 0 N–H and O–H groups in total. The summed E-state index contributed by atoms with van der Waals surface area (Å²) >= 11 is 0. The zero-order valence-corrected chi connectivity index (χ0v) is 16.1. The fourth-order valence-corrected chi connectivity index (χ4v) is 3.58. The second-order valence-electron chi connectivity index (χ2n) is 7.33. The van der Waals surface area contributed by atoms with Gasteiger partial charge in [-0.3, -0.25) is 0 Å². The Morgan fingerprint density at radius 2 is 1.46 bits per heavy atom. The number of hydrogen-bond acceptors (Lipinski definition) is 0. The van der Waals surface area contributed by atoms with Gasteiger partial charge in [-0.05, 0) is 77.9 Å². The van der Waals surface area contributed by atoms with E-state index in [9.17, 15) is 4.39 Å². The van der Waals surface area contributed by atoms with Crippen LogP contribution in [0.1, 0.15) is 48.4 Å². The first-order chi connectivity index (χ1) is 13.7. The van der Waals surface area contributed by atoms with E-state index in [1.165, 1.54) is 42.5 Å². The fraction of sp³-hybridized carbons (Fsp3) is 0.185. The monoisotopic (exact) mass is 366 g/mol. The van der Waals surface area contributed by atoms with Crippen LogP contribution in [-0.2, 0) is 6.42 Å². The van der Waals surface area contributed by atoms with Crippen molar-refractivity contribution >= 4 is 6.08 Å². The molecule has 0 bridgehead atoms. The zero-order valence-electron chi connectivity index (χ0n) is 16.1. The number of unbranched alkanes of at least 4 members (excludes halogenated alkanes) is 1. The maximum absolute atomic E-state index is 13.1. The topological polar surface area (TPSA) is 0 Å². The molecule has 0 fully saturated rings. The van der Waals surface area contributed by atoms with Gasteiger partial charge in [0.2, 0.25) is 0 Å². The van der Waals surface area contributed by atoms with E-state index in [-0.39, 0.29) is 5.82 Å². The van der Waals surface area contributed by atoms with Gasteiger partial charge in [-0.1, -0.05) is 67.2 Å². The van der Waals surface area contributed by atoms with Crippen LogP contribution in [0.2, 0.25) is 0 Å². The summed E-state index contributed by atoms with van der Waals surface area (Å²) in [5, 5.41) is 0. The molecule has 0 spiro atoms. The molecule has 4 rings (SSSR count). The Labute approximate surface area is 166 Å². The third-order valence-corrected chi connectivity index (χ3v) is 5.19. The van der Waals surface area contributed by atoms with Crippen LogP contribution in [0.5, 0.6) is 0 Å². The van der Waals surface area contributed by atoms with E-state index in [1.54, 1.807) is 17.7 Å². The normalized spacial score (nSPS) is 12.1. The predicted octanol–water partition coefficient (Wildman–Crippen LogP) is 7.02. The highest BCUT2D eigenvalue weighted by molar-refractivity contribution is 5.66. The second-order valence-corrected chi connectivity index (χ2v) is 7.33. The Bertz CT molecular complexity index is 1060. The van der Waals surface area contributed by atoms with Crippen LogP contribution in [0.15, 0.2) is 72.3 Å². The number of fused-ring (bicyclic) bond motifs is 1. The van der Waals surface area contributed by atoms with Crippen molar-refractivity contribution in [2.75, 3.05) is 0 Å². The molecule has 28 heavy (non-hydrogen) atoms. The van der Waals surface area contributed by atoms with E-state index >= 15 is 0 Å². The van der Waals surface area contributed by atoms with Crippen molar-refractivity contribution in [2.24, 2.45) is 0 Å². The van der Waals surface area contributed by atoms with Crippen molar-refractivity contribution in [2.45, 2.75) is 32.6 Å². The van der Waals surface area contributed by atoms with Crippen LogP contribution in [0.4, 0.5) is 4.39 Å². The summed E-state index contributed by atoms with van der Waals surface area (Å²) in [4.78, 5) is 0. The molecule has 0 saturated carbocycles. The molecule has 0 aromatic heterocycles. The van der Waals surface area contributed by atoms with E-state index in [0.717, 1.165) is 28.7 Å². The molecule has 0 unspecified atom stereocenters. The zero-order chi connectivity index (χ0) is 19.3. The minimum absolute atomic E-state index is 0.215. The van der Waals surface area contributed by atoms with E-state index in [0.29, 0.717) is 0 Å². The smallest absolute Gasteiger partial charge is 0.123 e. The van der Waals surface area contributed by atoms with Gasteiger partial charge in [0.1, 0.15) is 5.82 Å². The molecule has 0 nitrogen and oxygen atoms in total. The highest BCUT2D eigenvalue weighted by atomic mass is 19.1. The Hall–Kier alpha value is -3.11. The highest BCUT2D eigenvalue weighted by Gasteiger charge is 2.12. The van der Waals surface area contributed by atoms with Gasteiger partial charge in [-0.25, -0.2) is 4.39 Å². The van der Waals surface area contributed by atoms with Crippen molar-refractivity contribution in [3.63, 3.8) is 0 Å². The van der Waals surface area contributed by atoms with Crippen LogP contribution in [0, 0.1) is 17.7 Å². The largest absolute Gasteiger partial charge is 0.207 e. The average molecular weight is 366 g/mol. The van der Waals surface area contributed by atoms with E-state index in [1.807, 2.05) is 24.3 Å². The van der Waals surface area contributed by atoms with E-state index < -0.39 is 0 Å². The third kappa shape index (κ3) is 4.24. The van der Waals surface area contributed by atoms with Crippen LogP contribution in [0.3, 0.4) is 0 Å². The molecular formula is C27H23F. The Balaban J connectivity index is 1.49. The standard InChI is InChI=1S/C27H23F/c1-2-3-4-22-18-25-12-9-21(17-26(25)19-22)6-5-20-7-10-23(11-8-20)24-13-15-27(28)16-14-24/h7-17,19H,2-4,18H2,1H3. The van der Waals surface area contributed by atoms with Crippen molar-refractivity contribution in [3.05, 3.63) is 100 Å². The van der Waals surface area contributed by atoms with Crippen molar-refractivity contribution in [1.29, 1.82) is 0 Å². The molecule has 0 aliphatic heterocycles. The lowest BCUT2D eigenvalue weighted by Crippen LogP contribution is -1.86. The molecule has 0 radical (unpaired) electrons. The number of hydrogen-bond donors (Lipinski definition) is 0. The van der Waals surface area contributed by atoms with Crippen LogP contribution in [-0.4, -0.2) is 0 Å². The first-order valence-electron chi connectivity index (χ1n) is 9.91. The summed E-state index contributed by atoms with van der Waals surface area (Å²) in [5.41, 5.74) is 8.38. The van der Waals surface area contributed by atoms with E-state index in [4.69, 9.17) is 0 Å². The van der Waals surface area contributed by atoms with Crippen molar-refractivity contribution < 1.29 is 4.39 Å². The van der Waals surface area contributed by atoms with Crippen molar-refractivity contribution in [1.82, 2.24) is 0 Å². The number of benzene rings is 3. The third-order valence-electron chi connectivity index (χ3n) is 5.19. The lowest BCUT2D eigenvalue weighted by molar-refractivity contribution is 0.628. The number of allylic oxidation sites excluding steroid dienone is 1. The quantitative estimate of drug-likeness (QED) is 0.435. The fourth-order valence-electron chi connectivity index (χ4n) is 3.58. The molecule has 1 aliphatic rings. The average Bonchev–Trinajstić information content (AvgIpc) is 3.14. The maximum atomic E-state index is 13.1. The first kappa shape index (κ1) is 18.3. The molecular weight excluding hydrogens is 343 g/mol. The number of halogens is 1. The Kier molecular flexibility index (Phi) is 5.40. The summed E-state index contributed by atoms with van der Waals surface area (Å²) in [5.74, 6) is 6.33. The van der Waals surface area contributed by atoms with Crippen LogP contribution >= 0.6 is 0 Å². The molecule has 0 saturated heterocycles. The minimum atomic E-state index is -0.215. The van der Waals surface area contributed by atoms with Gasteiger partial charge >= 0.3 is 0 Å². The van der Waals surface area contributed by atoms with Gasteiger partial charge in [-0.15, -0.1) is 0 Å². The van der Waals surface area contributed by atoms with E-state index in [2.05, 4.69) is 43.0 Å². The Morgan fingerprint density at radius 1 is 0.821 bits per heavy atom. The molecule has 0 heterocycles. The summed E-state index contributed by atoms with van der Waals surface area (Å²) < 4.78 is 13.1. The maximum Gasteiger partial charge on any atom is 0.123 e. The summed E-state index contributed by atoms with van der Waals surface area (Å²) in [6, 6.07) is 21.2. The van der Waals surface area contributed by atoms with Gasteiger partial charge < -0.3 is 0 Å². The SMILES string of the molecule is CCCCC1=Cc2cc(C#Cc3ccc(-c4ccc(F)cc4)cc3)ccc2C1. The van der Waals surface area contributed by atoms with Gasteiger partial charge in [0, 0.05) is 11.1 Å². The molecule has 3 aromatic rings. The first-order valence-corrected chi connectivity index (χ1v) is 9.91. The van der Waals surface area contributed by atoms with Crippen LogP contribution in [0.25, 0.3) is 17.2 Å². The van der Waals surface area contributed by atoms with Gasteiger partial charge in [0.15, 0.2) is 0 Å². The predicted molar refractivity (Wildman–Crippen MR) is 115 cm³/mol. The van der Waals surface area contributed by atoms with Crippen LogP contribution < -0.4 is 0 Å². The summed E-state index contributed by atoms with van der Waals surface area (Å²) in [7, 11) is 0. The molecule has 3 aromatic carbocycles. The molecule has 138 valence electrons. The molecule has 1 heteroatoms. The number of rotatable bonds is 4. The lowest BCUT2D eigenvalue weighted by atomic mass is 10.0. The molecule has 1 aliphatic carbocycles. The summed E-state index contributed by atoms with van der Waals surface area (Å²) in [6.45, 7) is 2.24. The minimum Gasteiger partial charge on any atom is -0.207 e. The second kappa shape index (κ2) is 8.28. The van der Waals surface area contributed by atoms with Gasteiger partial charge in [0.25, 0.3) is 0 Å². The van der Waals surface area contributed by atoms with Gasteiger partial charge in [0.05, 0.1) is 0 Å². The summed E-state index contributed by atoms with van der Waals surface area (Å²) in [6.07, 6.45) is 7.14. The van der Waals surface area contributed by atoms with Gasteiger partial charge in [-0.2, -0.15) is 0 Å². The highest BCUT2D eigenvalue weighted by Crippen LogP contribution is 2.28. The lowest BCUT2D eigenvalue weighted by Gasteiger charge is -2.02. The molecule has 0 atom stereocenters. The van der Waals surface area contributed by atoms with Crippen molar-refractivity contribution in [3.8, 4) is 23.0 Å². The Morgan fingerprint density at radius 3 is 2.18 bits per heavy atom. The molecule has 0 amide bonds.